The van der Waals surface area contributed by atoms with E-state index in [0.29, 0.717) is 29.2 Å². The molecule has 32 heavy (non-hydrogen) atoms. The van der Waals surface area contributed by atoms with Crippen LogP contribution in [0.2, 0.25) is 0 Å². The van der Waals surface area contributed by atoms with Gasteiger partial charge in [0.2, 0.25) is 5.91 Å². The van der Waals surface area contributed by atoms with E-state index in [-0.39, 0.29) is 23.8 Å². The number of anilines is 1. The largest absolute Gasteiger partial charge is 0.376 e. The van der Waals surface area contributed by atoms with Gasteiger partial charge >= 0.3 is 0 Å². The summed E-state index contributed by atoms with van der Waals surface area (Å²) >= 11 is 1.51. The van der Waals surface area contributed by atoms with Gasteiger partial charge in [0, 0.05) is 37.1 Å². The molecule has 2 heterocycles. The maximum atomic E-state index is 13.1. The van der Waals surface area contributed by atoms with Crippen molar-refractivity contribution in [3.63, 3.8) is 0 Å². The highest BCUT2D eigenvalue weighted by Crippen LogP contribution is 2.38. The molecule has 8 heteroatoms. The number of carbonyl (C=O) groups excluding carboxylic acids is 3. The zero-order valence-corrected chi connectivity index (χ0v) is 19.1. The van der Waals surface area contributed by atoms with E-state index in [1.807, 2.05) is 12.1 Å². The minimum atomic E-state index is -0.247. The van der Waals surface area contributed by atoms with Crippen LogP contribution in [0.25, 0.3) is 0 Å². The second kappa shape index (κ2) is 10.3. The topological polar surface area (TPSA) is 96.5 Å². The summed E-state index contributed by atoms with van der Waals surface area (Å²) in [5, 5.41) is 9.36. The summed E-state index contributed by atoms with van der Waals surface area (Å²) < 4.78 is 5.62. The number of aryl methyl sites for hydroxylation is 1. The van der Waals surface area contributed by atoms with Gasteiger partial charge in [-0.05, 0) is 61.8 Å². The van der Waals surface area contributed by atoms with Crippen molar-refractivity contribution in [1.82, 2.24) is 10.6 Å². The fourth-order valence-corrected chi connectivity index (χ4v) is 5.45. The molecule has 2 aromatic rings. The van der Waals surface area contributed by atoms with Crippen molar-refractivity contribution in [2.75, 3.05) is 18.5 Å². The van der Waals surface area contributed by atoms with Gasteiger partial charge in [-0.15, -0.1) is 11.3 Å². The van der Waals surface area contributed by atoms with Crippen LogP contribution >= 0.6 is 11.3 Å². The first-order chi connectivity index (χ1) is 15.5. The summed E-state index contributed by atoms with van der Waals surface area (Å²) in [6.45, 7) is 3.13. The molecule has 1 saturated heterocycles. The van der Waals surface area contributed by atoms with Crippen molar-refractivity contribution in [3.8, 4) is 0 Å². The number of rotatable bonds is 7. The molecule has 0 spiro atoms. The van der Waals surface area contributed by atoms with Crippen molar-refractivity contribution in [2.24, 2.45) is 0 Å². The quantitative estimate of drug-likeness (QED) is 0.596. The Kier molecular flexibility index (Phi) is 7.22. The highest BCUT2D eigenvalue weighted by atomic mass is 32.1. The highest BCUT2D eigenvalue weighted by molar-refractivity contribution is 7.17. The monoisotopic (exact) mass is 455 g/mol. The molecular weight excluding hydrogens is 426 g/mol. The summed E-state index contributed by atoms with van der Waals surface area (Å²) in [5.74, 6) is -0.484. The second-order valence-corrected chi connectivity index (χ2v) is 9.43. The molecule has 2 aliphatic rings. The first-order valence-corrected chi connectivity index (χ1v) is 12.0. The molecule has 0 radical (unpaired) electrons. The first kappa shape index (κ1) is 22.5. The lowest BCUT2D eigenvalue weighted by Crippen LogP contribution is -2.32. The third-order valence-electron chi connectivity index (χ3n) is 5.90. The summed E-state index contributed by atoms with van der Waals surface area (Å²) in [6.07, 6.45) is 6.03. The molecule has 3 N–H and O–H groups in total. The van der Waals surface area contributed by atoms with Crippen LogP contribution in [0.3, 0.4) is 0 Å². The van der Waals surface area contributed by atoms with E-state index >= 15 is 0 Å². The van der Waals surface area contributed by atoms with Crippen molar-refractivity contribution in [3.05, 3.63) is 51.4 Å². The summed E-state index contributed by atoms with van der Waals surface area (Å²) in [6, 6.07) is 7.10. The Morgan fingerprint density at radius 3 is 2.53 bits per heavy atom. The van der Waals surface area contributed by atoms with Gasteiger partial charge in [0.1, 0.15) is 5.00 Å². The minimum absolute atomic E-state index is 0.0717. The standard InChI is InChI=1S/C24H29N3O4S/c1-15(28)25-13-16-8-10-17(11-9-16)22(29)27-24-21(19-6-2-3-7-20(19)32-24)23(30)26-14-18-5-4-12-31-18/h8-11,18H,2-7,12-14H2,1H3,(H,25,28)(H,26,30)(H,27,29). The number of thiophene rings is 1. The summed E-state index contributed by atoms with van der Waals surface area (Å²) in [7, 11) is 0. The molecule has 7 nitrogen and oxygen atoms in total. The summed E-state index contributed by atoms with van der Waals surface area (Å²) in [5.41, 5.74) is 3.11. The SMILES string of the molecule is CC(=O)NCc1ccc(C(=O)Nc2sc3c(c2C(=O)NCC2CCCO2)CCCC3)cc1. The Morgan fingerprint density at radius 2 is 1.81 bits per heavy atom. The number of benzene rings is 1. The van der Waals surface area contributed by atoms with Crippen LogP contribution in [0, 0.1) is 0 Å². The molecule has 1 aliphatic heterocycles. The first-order valence-electron chi connectivity index (χ1n) is 11.2. The average molecular weight is 456 g/mol. The van der Waals surface area contributed by atoms with Gasteiger partial charge in [0.25, 0.3) is 11.8 Å². The molecule has 1 aromatic carbocycles. The fourth-order valence-electron chi connectivity index (χ4n) is 4.17. The molecule has 1 atom stereocenters. The van der Waals surface area contributed by atoms with E-state index in [1.165, 1.54) is 23.1 Å². The predicted molar refractivity (Wildman–Crippen MR) is 124 cm³/mol. The Morgan fingerprint density at radius 1 is 1.03 bits per heavy atom. The molecule has 4 rings (SSSR count). The fraction of sp³-hybridized carbons (Fsp3) is 0.458. The van der Waals surface area contributed by atoms with Gasteiger partial charge < -0.3 is 20.7 Å². The smallest absolute Gasteiger partial charge is 0.256 e. The maximum absolute atomic E-state index is 13.1. The molecule has 1 aromatic heterocycles. The summed E-state index contributed by atoms with van der Waals surface area (Å²) in [4.78, 5) is 38.3. The van der Waals surface area contributed by atoms with E-state index in [9.17, 15) is 14.4 Å². The van der Waals surface area contributed by atoms with Crippen molar-refractivity contribution >= 4 is 34.1 Å². The number of hydrogen-bond acceptors (Lipinski definition) is 5. The van der Waals surface area contributed by atoms with Crippen LogP contribution in [-0.2, 0) is 28.9 Å². The molecule has 1 aliphatic carbocycles. The lowest BCUT2D eigenvalue weighted by atomic mass is 9.95. The number of amides is 3. The van der Waals surface area contributed by atoms with Crippen LogP contribution in [0.4, 0.5) is 5.00 Å². The van der Waals surface area contributed by atoms with Crippen LogP contribution in [0.5, 0.6) is 0 Å². The lowest BCUT2D eigenvalue weighted by molar-refractivity contribution is -0.119. The Bertz CT molecular complexity index is 993. The van der Waals surface area contributed by atoms with E-state index < -0.39 is 0 Å². The van der Waals surface area contributed by atoms with Crippen LogP contribution < -0.4 is 16.0 Å². The molecule has 0 saturated carbocycles. The Hall–Kier alpha value is -2.71. The number of carbonyl (C=O) groups is 3. The molecular formula is C24H29N3O4S. The second-order valence-electron chi connectivity index (χ2n) is 8.32. The van der Waals surface area contributed by atoms with Gasteiger partial charge in [0.05, 0.1) is 11.7 Å². The Balaban J connectivity index is 1.48. The van der Waals surface area contributed by atoms with Crippen molar-refractivity contribution in [1.29, 1.82) is 0 Å². The lowest BCUT2D eigenvalue weighted by Gasteiger charge is -2.15. The van der Waals surface area contributed by atoms with Gasteiger partial charge in [-0.3, -0.25) is 14.4 Å². The predicted octanol–water partition coefficient (Wildman–Crippen LogP) is 3.42. The number of fused-ring (bicyclic) bond motifs is 1. The normalized spacial score (nSPS) is 17.5. The number of nitrogens with one attached hydrogen (secondary N) is 3. The van der Waals surface area contributed by atoms with E-state index in [2.05, 4.69) is 16.0 Å². The third-order valence-corrected chi connectivity index (χ3v) is 7.10. The molecule has 170 valence electrons. The van der Waals surface area contributed by atoms with E-state index in [0.717, 1.165) is 56.3 Å². The number of hydrogen-bond donors (Lipinski definition) is 3. The van der Waals surface area contributed by atoms with Crippen molar-refractivity contribution < 1.29 is 19.1 Å². The highest BCUT2D eigenvalue weighted by Gasteiger charge is 2.27. The molecule has 1 fully saturated rings. The number of ether oxygens (including phenoxy) is 1. The molecule has 0 bridgehead atoms. The van der Waals surface area contributed by atoms with E-state index in [1.54, 1.807) is 12.1 Å². The minimum Gasteiger partial charge on any atom is -0.376 e. The zero-order valence-electron chi connectivity index (χ0n) is 18.3. The van der Waals surface area contributed by atoms with Crippen LogP contribution in [0.15, 0.2) is 24.3 Å². The van der Waals surface area contributed by atoms with Crippen molar-refractivity contribution in [2.45, 2.75) is 58.1 Å². The van der Waals surface area contributed by atoms with Gasteiger partial charge in [0.15, 0.2) is 0 Å². The van der Waals surface area contributed by atoms with Gasteiger partial charge in [-0.2, -0.15) is 0 Å². The van der Waals surface area contributed by atoms with Gasteiger partial charge in [-0.1, -0.05) is 12.1 Å². The molecule has 3 amide bonds. The van der Waals surface area contributed by atoms with Crippen LogP contribution in [0.1, 0.15) is 69.3 Å². The Labute approximate surface area is 191 Å². The third kappa shape index (κ3) is 5.37. The zero-order chi connectivity index (χ0) is 22.5. The molecule has 1 unspecified atom stereocenters. The van der Waals surface area contributed by atoms with E-state index in [4.69, 9.17) is 4.74 Å². The van der Waals surface area contributed by atoms with Crippen LogP contribution in [-0.4, -0.2) is 37.0 Å². The maximum Gasteiger partial charge on any atom is 0.256 e. The van der Waals surface area contributed by atoms with Gasteiger partial charge in [-0.25, -0.2) is 0 Å². The average Bonchev–Trinajstić information content (AvgIpc) is 3.44.